The molecule has 0 aliphatic carbocycles. The molecule has 0 aromatic heterocycles. The Morgan fingerprint density at radius 1 is 2.00 bits per heavy atom. The van der Waals surface area contributed by atoms with Crippen LogP contribution in [0.2, 0.25) is 0 Å². The van der Waals surface area contributed by atoms with Crippen LogP contribution in [0.15, 0.2) is 4.99 Å². The van der Waals surface area contributed by atoms with Crippen LogP contribution in [0.3, 0.4) is 0 Å². The monoisotopic (exact) mass is 114 g/mol. The molecule has 0 heterocycles. The van der Waals surface area contributed by atoms with Gasteiger partial charge in [-0.3, -0.25) is 0 Å². The Hall–Kier alpha value is -0.660. The van der Waals surface area contributed by atoms with Gasteiger partial charge in [-0.15, -0.1) is 0 Å². The number of isocyanates is 1. The maximum absolute atomic E-state index is 9.50. The molecule has 1 atom stereocenters. The van der Waals surface area contributed by atoms with E-state index in [2.05, 4.69) is 11.9 Å². The molecular weight excluding hydrogens is 106 g/mol. The first-order chi connectivity index (χ1) is 3.81. The van der Waals surface area contributed by atoms with E-state index in [1.807, 2.05) is 0 Å². The van der Waals surface area contributed by atoms with Gasteiger partial charge in [-0.2, -0.15) is 4.99 Å². The number of carbonyl (C=O) groups excluding carboxylic acids is 1. The van der Waals surface area contributed by atoms with Crippen LogP contribution in [0.5, 0.6) is 0 Å². The van der Waals surface area contributed by atoms with Crippen molar-refractivity contribution in [2.45, 2.75) is 13.2 Å². The third-order valence-electron chi connectivity index (χ3n) is 0.594. The fourth-order valence-electron chi connectivity index (χ4n) is 0.282. The standard InChI is InChI=1S/C5H8NO2/c1-3-8-5(2)6-4-7/h5H,1,3H2,2H3. The van der Waals surface area contributed by atoms with Gasteiger partial charge in [0.15, 0.2) is 6.23 Å². The molecule has 0 amide bonds. The largest absolute Gasteiger partial charge is 0.356 e. The van der Waals surface area contributed by atoms with Gasteiger partial charge >= 0.3 is 0 Å². The van der Waals surface area contributed by atoms with Crippen molar-refractivity contribution in [2.75, 3.05) is 6.61 Å². The molecule has 0 saturated heterocycles. The van der Waals surface area contributed by atoms with E-state index in [1.54, 1.807) is 6.92 Å². The van der Waals surface area contributed by atoms with Crippen LogP contribution < -0.4 is 0 Å². The summed E-state index contributed by atoms with van der Waals surface area (Å²) in [7, 11) is 0. The fraction of sp³-hybridized carbons (Fsp3) is 0.600. The lowest BCUT2D eigenvalue weighted by molar-refractivity contribution is 0.0942. The maximum atomic E-state index is 9.50. The minimum Gasteiger partial charge on any atom is -0.356 e. The Balaban J connectivity index is 3.31. The van der Waals surface area contributed by atoms with E-state index in [1.165, 1.54) is 6.08 Å². The van der Waals surface area contributed by atoms with Crippen LogP contribution in [-0.2, 0) is 9.53 Å². The lowest BCUT2D eigenvalue weighted by atomic mass is 10.7. The molecule has 0 rings (SSSR count). The van der Waals surface area contributed by atoms with Crippen molar-refractivity contribution in [1.29, 1.82) is 0 Å². The summed E-state index contributed by atoms with van der Waals surface area (Å²) < 4.78 is 4.74. The molecule has 0 fully saturated rings. The van der Waals surface area contributed by atoms with Gasteiger partial charge in [0.1, 0.15) is 0 Å². The Kier molecular flexibility index (Phi) is 4.13. The summed E-state index contributed by atoms with van der Waals surface area (Å²) in [6.45, 7) is 5.37. The zero-order valence-electron chi connectivity index (χ0n) is 4.76. The highest BCUT2D eigenvalue weighted by molar-refractivity contribution is 5.32. The number of aliphatic imine (C=N–C) groups is 1. The van der Waals surface area contributed by atoms with Crippen LogP contribution >= 0.6 is 0 Å². The van der Waals surface area contributed by atoms with Crippen molar-refractivity contribution < 1.29 is 9.53 Å². The third-order valence-corrected chi connectivity index (χ3v) is 0.594. The second-order valence-electron chi connectivity index (χ2n) is 1.19. The molecule has 0 N–H and O–H groups in total. The van der Waals surface area contributed by atoms with Crippen molar-refractivity contribution in [1.82, 2.24) is 0 Å². The van der Waals surface area contributed by atoms with E-state index in [0.29, 0.717) is 6.61 Å². The van der Waals surface area contributed by atoms with Gasteiger partial charge in [0.2, 0.25) is 6.08 Å². The number of rotatable bonds is 3. The lowest BCUT2D eigenvalue weighted by Crippen LogP contribution is -2.02. The van der Waals surface area contributed by atoms with Gasteiger partial charge in [0.25, 0.3) is 0 Å². The summed E-state index contributed by atoms with van der Waals surface area (Å²) in [6.07, 6.45) is 0.976. The second-order valence-corrected chi connectivity index (χ2v) is 1.19. The Morgan fingerprint density at radius 3 is 3.00 bits per heavy atom. The Labute approximate surface area is 48.4 Å². The topological polar surface area (TPSA) is 38.7 Å². The molecule has 0 bridgehead atoms. The van der Waals surface area contributed by atoms with Crippen molar-refractivity contribution in [3.05, 3.63) is 6.92 Å². The van der Waals surface area contributed by atoms with Crippen LogP contribution in [0.4, 0.5) is 0 Å². The highest BCUT2D eigenvalue weighted by atomic mass is 16.5. The fourth-order valence-corrected chi connectivity index (χ4v) is 0.282. The van der Waals surface area contributed by atoms with Gasteiger partial charge in [-0.05, 0) is 13.8 Å². The van der Waals surface area contributed by atoms with Crippen LogP contribution in [0, 0.1) is 6.92 Å². The van der Waals surface area contributed by atoms with Gasteiger partial charge in [0, 0.05) is 6.61 Å². The first-order valence-corrected chi connectivity index (χ1v) is 2.29. The molecule has 1 unspecified atom stereocenters. The van der Waals surface area contributed by atoms with E-state index in [9.17, 15) is 4.79 Å². The van der Waals surface area contributed by atoms with Gasteiger partial charge < -0.3 is 4.74 Å². The normalized spacial score (nSPS) is 12.2. The van der Waals surface area contributed by atoms with Crippen LogP contribution in [0.1, 0.15) is 6.92 Å². The molecule has 0 aliphatic rings. The van der Waals surface area contributed by atoms with Crippen molar-refractivity contribution in [3.8, 4) is 0 Å². The summed E-state index contributed by atoms with van der Waals surface area (Å²) in [4.78, 5) is 12.7. The molecule has 0 aromatic rings. The molecule has 1 radical (unpaired) electrons. The average Bonchev–Trinajstić information content (AvgIpc) is 1.68. The molecule has 0 spiro atoms. The maximum Gasteiger partial charge on any atom is 0.237 e. The highest BCUT2D eigenvalue weighted by Gasteiger charge is 1.91. The van der Waals surface area contributed by atoms with Gasteiger partial charge in [-0.1, -0.05) is 0 Å². The minimum atomic E-state index is -0.398. The van der Waals surface area contributed by atoms with E-state index >= 15 is 0 Å². The summed E-state index contributed by atoms with van der Waals surface area (Å²) in [6, 6.07) is 0. The molecule has 8 heavy (non-hydrogen) atoms. The highest BCUT2D eigenvalue weighted by Crippen LogP contribution is 1.87. The summed E-state index contributed by atoms with van der Waals surface area (Å²) in [5, 5.41) is 0. The predicted molar refractivity (Wildman–Crippen MR) is 28.9 cm³/mol. The third kappa shape index (κ3) is 3.53. The first-order valence-electron chi connectivity index (χ1n) is 2.29. The molecule has 0 aliphatic heterocycles. The van der Waals surface area contributed by atoms with Crippen molar-refractivity contribution in [2.24, 2.45) is 4.99 Å². The quantitative estimate of drug-likeness (QED) is 0.396. The van der Waals surface area contributed by atoms with E-state index in [4.69, 9.17) is 4.74 Å². The Bertz CT molecular complexity index is 96.6. The predicted octanol–water partition coefficient (Wildman–Crippen LogP) is 0.519. The van der Waals surface area contributed by atoms with Gasteiger partial charge in [0.05, 0.1) is 0 Å². The number of ether oxygens (including phenoxy) is 1. The zero-order valence-corrected chi connectivity index (χ0v) is 4.76. The molecule has 0 saturated carbocycles. The smallest absolute Gasteiger partial charge is 0.237 e. The molecule has 45 valence electrons. The lowest BCUT2D eigenvalue weighted by Gasteiger charge is -2.00. The number of hydrogen-bond donors (Lipinski definition) is 0. The number of nitrogens with zero attached hydrogens (tertiary/aromatic N) is 1. The molecule has 3 nitrogen and oxygen atoms in total. The van der Waals surface area contributed by atoms with E-state index in [-0.39, 0.29) is 0 Å². The molecule has 3 heteroatoms. The first kappa shape index (κ1) is 7.34. The Morgan fingerprint density at radius 2 is 2.62 bits per heavy atom. The number of hydrogen-bond acceptors (Lipinski definition) is 3. The van der Waals surface area contributed by atoms with E-state index in [0.717, 1.165) is 0 Å². The molecular formula is C5H8NO2. The van der Waals surface area contributed by atoms with Crippen molar-refractivity contribution >= 4 is 6.08 Å². The van der Waals surface area contributed by atoms with Crippen LogP contribution in [-0.4, -0.2) is 18.9 Å². The molecule has 0 aromatic carbocycles. The summed E-state index contributed by atoms with van der Waals surface area (Å²) in [5.74, 6) is 0. The average molecular weight is 114 g/mol. The zero-order chi connectivity index (χ0) is 6.41. The summed E-state index contributed by atoms with van der Waals surface area (Å²) in [5.41, 5.74) is 0. The minimum absolute atomic E-state index is 0.326. The SMILES string of the molecule is [CH2]COC(C)N=C=O. The van der Waals surface area contributed by atoms with E-state index < -0.39 is 6.23 Å². The summed E-state index contributed by atoms with van der Waals surface area (Å²) >= 11 is 0. The van der Waals surface area contributed by atoms with Crippen LogP contribution in [0.25, 0.3) is 0 Å². The van der Waals surface area contributed by atoms with Gasteiger partial charge in [-0.25, -0.2) is 4.79 Å². The second kappa shape index (κ2) is 4.50. The van der Waals surface area contributed by atoms with Crippen molar-refractivity contribution in [3.63, 3.8) is 0 Å².